The van der Waals surface area contributed by atoms with Crippen LogP contribution < -0.4 is 9.47 Å². The van der Waals surface area contributed by atoms with Crippen molar-refractivity contribution in [3.8, 4) is 11.5 Å². The first-order valence-corrected chi connectivity index (χ1v) is 8.99. The standard InChI is InChI=1S/C20H21BrO2/c1-19(2)10-9-14-12-7-5-6-8-13(12)18-15(17(14)22-19)11-16(21)20(3,4)23-18/h5-10,16H,11H2,1-4H3. The molecular weight excluding hydrogens is 352 g/mol. The van der Waals surface area contributed by atoms with E-state index in [9.17, 15) is 0 Å². The summed E-state index contributed by atoms with van der Waals surface area (Å²) in [5, 5.41) is 2.36. The maximum Gasteiger partial charge on any atom is 0.135 e. The summed E-state index contributed by atoms with van der Waals surface area (Å²) in [6, 6.07) is 8.44. The molecule has 0 saturated heterocycles. The fraction of sp³-hybridized carbons (Fsp3) is 0.400. The Hall–Kier alpha value is -1.48. The Morgan fingerprint density at radius 2 is 1.70 bits per heavy atom. The summed E-state index contributed by atoms with van der Waals surface area (Å²) < 4.78 is 12.8. The van der Waals surface area contributed by atoms with Crippen LogP contribution in [0, 0.1) is 0 Å². The molecule has 0 bridgehead atoms. The van der Waals surface area contributed by atoms with Gasteiger partial charge in [0.05, 0.1) is 4.83 Å². The van der Waals surface area contributed by atoms with E-state index in [2.05, 4.69) is 80.0 Å². The smallest absolute Gasteiger partial charge is 0.135 e. The monoisotopic (exact) mass is 372 g/mol. The lowest BCUT2D eigenvalue weighted by molar-refractivity contribution is 0.0913. The molecule has 2 heterocycles. The van der Waals surface area contributed by atoms with E-state index in [4.69, 9.17) is 9.47 Å². The van der Waals surface area contributed by atoms with E-state index in [0.717, 1.165) is 17.9 Å². The van der Waals surface area contributed by atoms with Crippen LogP contribution >= 0.6 is 15.9 Å². The molecule has 2 aliphatic heterocycles. The molecule has 1 unspecified atom stereocenters. The third-order valence-corrected chi connectivity index (χ3v) is 6.20. The van der Waals surface area contributed by atoms with Crippen LogP contribution in [0.15, 0.2) is 30.3 Å². The predicted octanol–water partition coefficient (Wildman–Crippen LogP) is 5.50. The van der Waals surface area contributed by atoms with Gasteiger partial charge in [-0.15, -0.1) is 0 Å². The Bertz CT molecular complexity index is 833. The molecular formula is C20H21BrO2. The van der Waals surface area contributed by atoms with E-state index in [0.29, 0.717) is 0 Å². The first kappa shape index (κ1) is 15.1. The van der Waals surface area contributed by atoms with E-state index in [1.54, 1.807) is 0 Å². The highest BCUT2D eigenvalue weighted by molar-refractivity contribution is 9.09. The lowest BCUT2D eigenvalue weighted by Gasteiger charge is -2.40. The Kier molecular flexibility index (Phi) is 3.12. The number of hydrogen-bond acceptors (Lipinski definition) is 2. The van der Waals surface area contributed by atoms with Crippen LogP contribution in [0.4, 0.5) is 0 Å². The van der Waals surface area contributed by atoms with E-state index >= 15 is 0 Å². The lowest BCUT2D eigenvalue weighted by atomic mass is 9.87. The minimum absolute atomic E-state index is 0.246. The predicted molar refractivity (Wildman–Crippen MR) is 98.8 cm³/mol. The summed E-state index contributed by atoms with van der Waals surface area (Å²) in [5.74, 6) is 1.96. The Morgan fingerprint density at radius 3 is 2.43 bits per heavy atom. The molecule has 0 aliphatic carbocycles. The van der Waals surface area contributed by atoms with Gasteiger partial charge in [-0.2, -0.15) is 0 Å². The fourth-order valence-corrected chi connectivity index (χ4v) is 3.80. The van der Waals surface area contributed by atoms with Gasteiger partial charge in [-0.05, 0) is 45.6 Å². The number of ether oxygens (including phenoxy) is 2. The highest BCUT2D eigenvalue weighted by Gasteiger charge is 2.39. The van der Waals surface area contributed by atoms with Crippen molar-refractivity contribution in [1.82, 2.24) is 0 Å². The first-order valence-electron chi connectivity index (χ1n) is 8.07. The average Bonchev–Trinajstić information content (AvgIpc) is 2.48. The molecule has 0 radical (unpaired) electrons. The second kappa shape index (κ2) is 4.76. The van der Waals surface area contributed by atoms with Gasteiger partial charge in [0, 0.05) is 16.5 Å². The molecule has 23 heavy (non-hydrogen) atoms. The number of benzene rings is 2. The van der Waals surface area contributed by atoms with Crippen molar-refractivity contribution >= 4 is 32.8 Å². The van der Waals surface area contributed by atoms with Crippen LogP contribution in [-0.2, 0) is 6.42 Å². The van der Waals surface area contributed by atoms with E-state index in [1.807, 2.05) is 0 Å². The van der Waals surface area contributed by atoms with Crippen molar-refractivity contribution in [2.45, 2.75) is 50.1 Å². The normalized spacial score (nSPS) is 23.6. The van der Waals surface area contributed by atoms with E-state index < -0.39 is 0 Å². The average molecular weight is 373 g/mol. The quantitative estimate of drug-likeness (QED) is 0.568. The molecule has 4 rings (SSSR count). The lowest BCUT2D eigenvalue weighted by Crippen LogP contribution is -2.43. The zero-order valence-corrected chi connectivity index (χ0v) is 15.5. The molecule has 0 saturated carbocycles. The van der Waals surface area contributed by atoms with Gasteiger partial charge in [-0.25, -0.2) is 0 Å². The van der Waals surface area contributed by atoms with Gasteiger partial charge in [0.2, 0.25) is 0 Å². The summed E-state index contributed by atoms with van der Waals surface area (Å²) in [7, 11) is 0. The topological polar surface area (TPSA) is 18.5 Å². The van der Waals surface area contributed by atoms with Crippen LogP contribution in [0.25, 0.3) is 16.8 Å². The Morgan fingerprint density at radius 1 is 1.00 bits per heavy atom. The summed E-state index contributed by atoms with van der Waals surface area (Å²) in [6.45, 7) is 8.45. The number of fused-ring (bicyclic) bond motifs is 6. The van der Waals surface area contributed by atoms with Crippen molar-refractivity contribution in [1.29, 1.82) is 0 Å². The van der Waals surface area contributed by atoms with Crippen LogP contribution in [0.3, 0.4) is 0 Å². The maximum atomic E-state index is 6.43. The minimum Gasteiger partial charge on any atom is -0.486 e. The van der Waals surface area contributed by atoms with Crippen molar-refractivity contribution < 1.29 is 9.47 Å². The molecule has 1 atom stereocenters. The highest BCUT2D eigenvalue weighted by atomic mass is 79.9. The molecule has 2 nitrogen and oxygen atoms in total. The van der Waals surface area contributed by atoms with Crippen molar-refractivity contribution in [3.05, 3.63) is 41.5 Å². The van der Waals surface area contributed by atoms with Gasteiger partial charge in [-0.3, -0.25) is 0 Å². The molecule has 0 amide bonds. The van der Waals surface area contributed by atoms with Crippen LogP contribution in [-0.4, -0.2) is 16.0 Å². The zero-order chi connectivity index (χ0) is 16.4. The molecule has 2 aromatic rings. The number of alkyl halides is 1. The number of rotatable bonds is 0. The van der Waals surface area contributed by atoms with Gasteiger partial charge in [0.15, 0.2) is 0 Å². The molecule has 0 N–H and O–H groups in total. The molecule has 0 fully saturated rings. The summed E-state index contributed by atoms with van der Waals surface area (Å²) in [6.07, 6.45) is 5.23. The Labute approximate surface area is 145 Å². The zero-order valence-electron chi connectivity index (χ0n) is 13.9. The van der Waals surface area contributed by atoms with Crippen LogP contribution in [0.2, 0.25) is 0 Å². The van der Waals surface area contributed by atoms with Crippen molar-refractivity contribution in [2.75, 3.05) is 0 Å². The van der Waals surface area contributed by atoms with Gasteiger partial charge >= 0.3 is 0 Å². The largest absolute Gasteiger partial charge is 0.486 e. The molecule has 0 spiro atoms. The highest BCUT2D eigenvalue weighted by Crippen LogP contribution is 2.50. The van der Waals surface area contributed by atoms with Crippen LogP contribution in [0.1, 0.15) is 38.8 Å². The SMILES string of the molecule is CC1(C)C=Cc2c(c3c(c4ccccc24)OC(C)(C)C(Br)C3)O1. The molecule has 3 heteroatoms. The van der Waals surface area contributed by atoms with E-state index in [1.165, 1.54) is 21.9 Å². The number of hydrogen-bond donors (Lipinski definition) is 0. The second-order valence-electron chi connectivity index (χ2n) is 7.51. The summed E-state index contributed by atoms with van der Waals surface area (Å²) >= 11 is 3.80. The first-order chi connectivity index (χ1) is 10.8. The van der Waals surface area contributed by atoms with Gasteiger partial charge in [0.1, 0.15) is 22.7 Å². The number of halogens is 1. The fourth-order valence-electron chi connectivity index (χ4n) is 3.38. The van der Waals surface area contributed by atoms with Crippen molar-refractivity contribution in [2.24, 2.45) is 0 Å². The molecule has 2 aliphatic rings. The van der Waals surface area contributed by atoms with Crippen LogP contribution in [0.5, 0.6) is 11.5 Å². The molecule has 0 aromatic heterocycles. The minimum atomic E-state index is -0.294. The maximum absolute atomic E-state index is 6.43. The van der Waals surface area contributed by atoms with Crippen molar-refractivity contribution in [3.63, 3.8) is 0 Å². The third kappa shape index (κ3) is 2.28. The second-order valence-corrected chi connectivity index (χ2v) is 8.62. The summed E-state index contributed by atoms with van der Waals surface area (Å²) in [4.78, 5) is 0.255. The van der Waals surface area contributed by atoms with Gasteiger partial charge < -0.3 is 9.47 Å². The Balaban J connectivity index is 2.07. The van der Waals surface area contributed by atoms with Gasteiger partial charge in [-0.1, -0.05) is 46.3 Å². The third-order valence-electron chi connectivity index (χ3n) is 4.77. The van der Waals surface area contributed by atoms with E-state index in [-0.39, 0.29) is 16.0 Å². The molecule has 120 valence electrons. The molecule has 2 aromatic carbocycles. The van der Waals surface area contributed by atoms with Gasteiger partial charge in [0.25, 0.3) is 0 Å². The summed E-state index contributed by atoms with van der Waals surface area (Å²) in [5.41, 5.74) is 1.81.